The van der Waals surface area contributed by atoms with Gasteiger partial charge in [-0.25, -0.2) is 4.79 Å². The van der Waals surface area contributed by atoms with Crippen LogP contribution in [0.25, 0.3) is 0 Å². The van der Waals surface area contributed by atoms with Crippen molar-refractivity contribution in [1.29, 1.82) is 0 Å². The normalized spacial score (nSPS) is 10.2. The summed E-state index contributed by atoms with van der Waals surface area (Å²) in [5.74, 6) is -0.319. The SMILES string of the molecule is CCCCN(C)CCC(=O)NC(N)=O. The van der Waals surface area contributed by atoms with E-state index < -0.39 is 6.03 Å². The van der Waals surface area contributed by atoms with Gasteiger partial charge in [0.25, 0.3) is 0 Å². The van der Waals surface area contributed by atoms with Crippen molar-refractivity contribution in [2.45, 2.75) is 26.2 Å². The molecule has 0 aliphatic heterocycles. The number of hydrogen-bond donors (Lipinski definition) is 2. The maximum absolute atomic E-state index is 11.0. The fourth-order valence-corrected chi connectivity index (χ4v) is 1.03. The highest BCUT2D eigenvalue weighted by Crippen LogP contribution is 1.93. The maximum atomic E-state index is 11.0. The van der Waals surface area contributed by atoms with Crippen LogP contribution in [0.4, 0.5) is 4.79 Å². The van der Waals surface area contributed by atoms with Gasteiger partial charge >= 0.3 is 6.03 Å². The molecule has 14 heavy (non-hydrogen) atoms. The fraction of sp³-hybridized carbons (Fsp3) is 0.778. The zero-order valence-corrected chi connectivity index (χ0v) is 8.88. The molecule has 0 fully saturated rings. The van der Waals surface area contributed by atoms with Crippen LogP contribution in [0.15, 0.2) is 0 Å². The first-order valence-corrected chi connectivity index (χ1v) is 4.84. The van der Waals surface area contributed by atoms with E-state index in [9.17, 15) is 9.59 Å². The zero-order chi connectivity index (χ0) is 11.0. The minimum absolute atomic E-state index is 0.309. The second-order valence-electron chi connectivity index (χ2n) is 3.32. The number of nitrogens with zero attached hydrogens (tertiary/aromatic N) is 1. The number of carbonyl (C=O) groups excluding carboxylic acids is 2. The van der Waals surface area contributed by atoms with Crippen molar-refractivity contribution in [3.05, 3.63) is 0 Å². The van der Waals surface area contributed by atoms with Crippen LogP contribution >= 0.6 is 0 Å². The van der Waals surface area contributed by atoms with E-state index in [1.165, 1.54) is 0 Å². The van der Waals surface area contributed by atoms with E-state index in [-0.39, 0.29) is 5.91 Å². The lowest BCUT2D eigenvalue weighted by Gasteiger charge is -2.14. The molecule has 0 aromatic carbocycles. The van der Waals surface area contributed by atoms with Crippen LogP contribution in [0.1, 0.15) is 26.2 Å². The molecule has 82 valence electrons. The highest BCUT2D eigenvalue weighted by atomic mass is 16.2. The number of nitrogens with two attached hydrogens (primary N) is 1. The van der Waals surface area contributed by atoms with Crippen LogP contribution in [0.2, 0.25) is 0 Å². The average molecular weight is 201 g/mol. The van der Waals surface area contributed by atoms with Gasteiger partial charge < -0.3 is 10.6 Å². The third-order valence-electron chi connectivity index (χ3n) is 1.88. The first-order valence-electron chi connectivity index (χ1n) is 4.84. The van der Waals surface area contributed by atoms with E-state index in [1.807, 2.05) is 12.4 Å². The van der Waals surface area contributed by atoms with Crippen LogP contribution in [0.3, 0.4) is 0 Å². The van der Waals surface area contributed by atoms with Gasteiger partial charge in [-0.15, -0.1) is 0 Å². The van der Waals surface area contributed by atoms with Crippen LogP contribution in [0.5, 0.6) is 0 Å². The molecule has 0 atom stereocenters. The lowest BCUT2D eigenvalue weighted by molar-refractivity contribution is -0.120. The van der Waals surface area contributed by atoms with Gasteiger partial charge in [0.05, 0.1) is 0 Å². The predicted octanol–water partition coefficient (Wildman–Crippen LogP) is 0.303. The Labute approximate surface area is 84.6 Å². The smallest absolute Gasteiger partial charge is 0.318 e. The molecule has 0 aromatic rings. The zero-order valence-electron chi connectivity index (χ0n) is 8.88. The second kappa shape index (κ2) is 7.32. The van der Waals surface area contributed by atoms with Crippen molar-refractivity contribution in [3.63, 3.8) is 0 Å². The number of hydrogen-bond acceptors (Lipinski definition) is 3. The van der Waals surface area contributed by atoms with Gasteiger partial charge in [-0.3, -0.25) is 10.1 Å². The average Bonchev–Trinajstić information content (AvgIpc) is 2.10. The Morgan fingerprint density at radius 1 is 1.36 bits per heavy atom. The quantitative estimate of drug-likeness (QED) is 0.649. The van der Waals surface area contributed by atoms with E-state index >= 15 is 0 Å². The topological polar surface area (TPSA) is 75.4 Å². The highest BCUT2D eigenvalue weighted by molar-refractivity contribution is 5.93. The third-order valence-corrected chi connectivity index (χ3v) is 1.88. The number of carbonyl (C=O) groups is 2. The Hall–Kier alpha value is -1.10. The largest absolute Gasteiger partial charge is 0.351 e. The molecule has 0 bridgehead atoms. The van der Waals surface area contributed by atoms with Gasteiger partial charge in [-0.1, -0.05) is 13.3 Å². The van der Waals surface area contributed by atoms with Crippen molar-refractivity contribution in [2.24, 2.45) is 5.73 Å². The molecule has 5 nitrogen and oxygen atoms in total. The summed E-state index contributed by atoms with van der Waals surface area (Å²) >= 11 is 0. The van der Waals surface area contributed by atoms with Crippen molar-refractivity contribution in [3.8, 4) is 0 Å². The summed E-state index contributed by atoms with van der Waals surface area (Å²) in [6, 6.07) is -0.786. The summed E-state index contributed by atoms with van der Waals surface area (Å²) in [6.45, 7) is 3.74. The van der Waals surface area contributed by atoms with Gasteiger partial charge in [-0.05, 0) is 20.0 Å². The Bertz CT molecular complexity index is 194. The fourth-order valence-electron chi connectivity index (χ4n) is 1.03. The Kier molecular flexibility index (Phi) is 6.74. The number of amides is 3. The minimum atomic E-state index is -0.786. The summed E-state index contributed by atoms with van der Waals surface area (Å²) < 4.78 is 0. The number of unbranched alkanes of at least 4 members (excludes halogenated alkanes) is 1. The molecule has 0 rings (SSSR count). The van der Waals surface area contributed by atoms with Crippen LogP contribution in [-0.2, 0) is 4.79 Å². The first-order chi connectivity index (χ1) is 6.56. The number of rotatable bonds is 6. The molecule has 5 heteroatoms. The van der Waals surface area contributed by atoms with Crippen LogP contribution < -0.4 is 11.1 Å². The molecule has 0 spiro atoms. The number of nitrogens with one attached hydrogen (secondary N) is 1. The Morgan fingerprint density at radius 2 is 2.00 bits per heavy atom. The molecule has 0 unspecified atom stereocenters. The molecule has 0 heterocycles. The van der Waals surface area contributed by atoms with Gasteiger partial charge in [0.2, 0.25) is 5.91 Å². The molecule has 0 aliphatic rings. The van der Waals surface area contributed by atoms with Crippen molar-refractivity contribution >= 4 is 11.9 Å². The molecule has 3 amide bonds. The van der Waals surface area contributed by atoms with Crippen molar-refractivity contribution < 1.29 is 9.59 Å². The molecule has 0 saturated carbocycles. The monoisotopic (exact) mass is 201 g/mol. The standard InChI is InChI=1S/C9H19N3O2/c1-3-4-6-12(2)7-5-8(13)11-9(10)14/h3-7H2,1-2H3,(H3,10,11,13,14). The third kappa shape index (κ3) is 7.54. The Balaban J connectivity index is 3.50. The van der Waals surface area contributed by atoms with E-state index in [2.05, 4.69) is 11.8 Å². The molecule has 0 saturated heterocycles. The molecule has 0 radical (unpaired) electrons. The summed E-state index contributed by atoms with van der Waals surface area (Å²) in [7, 11) is 1.95. The van der Waals surface area contributed by atoms with Gasteiger partial charge in [0.15, 0.2) is 0 Å². The number of urea groups is 1. The summed E-state index contributed by atoms with van der Waals surface area (Å²) in [5, 5.41) is 2.03. The van der Waals surface area contributed by atoms with E-state index in [1.54, 1.807) is 0 Å². The molecule has 3 N–H and O–H groups in total. The van der Waals surface area contributed by atoms with Crippen LogP contribution in [0, 0.1) is 0 Å². The van der Waals surface area contributed by atoms with E-state index in [0.717, 1.165) is 19.4 Å². The second-order valence-corrected chi connectivity index (χ2v) is 3.32. The predicted molar refractivity (Wildman–Crippen MR) is 54.7 cm³/mol. The van der Waals surface area contributed by atoms with Crippen molar-refractivity contribution in [2.75, 3.05) is 20.1 Å². The van der Waals surface area contributed by atoms with Gasteiger partial charge in [0, 0.05) is 13.0 Å². The summed E-state index contributed by atoms with van der Waals surface area (Å²) in [4.78, 5) is 23.4. The van der Waals surface area contributed by atoms with Crippen LogP contribution in [-0.4, -0.2) is 37.0 Å². The van der Waals surface area contributed by atoms with E-state index in [0.29, 0.717) is 13.0 Å². The molecule has 0 aromatic heterocycles. The number of imide groups is 1. The Morgan fingerprint density at radius 3 is 2.50 bits per heavy atom. The summed E-state index contributed by atoms with van der Waals surface area (Å²) in [6.07, 6.45) is 2.56. The van der Waals surface area contributed by atoms with E-state index in [4.69, 9.17) is 5.73 Å². The highest BCUT2D eigenvalue weighted by Gasteiger charge is 2.05. The molecule has 0 aliphatic carbocycles. The number of primary amides is 1. The van der Waals surface area contributed by atoms with Crippen molar-refractivity contribution in [1.82, 2.24) is 10.2 Å². The summed E-state index contributed by atoms with van der Waals surface area (Å²) in [5.41, 5.74) is 4.80. The first kappa shape index (κ1) is 12.9. The lowest BCUT2D eigenvalue weighted by Crippen LogP contribution is -2.36. The lowest BCUT2D eigenvalue weighted by atomic mass is 10.3. The van der Waals surface area contributed by atoms with Gasteiger partial charge in [-0.2, -0.15) is 0 Å². The molecular formula is C9H19N3O2. The maximum Gasteiger partial charge on any atom is 0.318 e. The molecular weight excluding hydrogens is 182 g/mol. The van der Waals surface area contributed by atoms with Gasteiger partial charge in [0.1, 0.15) is 0 Å². The minimum Gasteiger partial charge on any atom is -0.351 e.